The molecule has 0 atom stereocenters. The molecule has 7 nitrogen and oxygen atoms in total. The molecular weight excluding hydrogens is 356 g/mol. The molecule has 1 aromatic carbocycles. The molecule has 0 aliphatic rings. The van der Waals surface area contributed by atoms with Gasteiger partial charge in [-0.1, -0.05) is 11.6 Å². The number of methoxy groups -OCH3 is 2. The molecule has 0 aliphatic heterocycles. The lowest BCUT2D eigenvalue weighted by Gasteiger charge is -2.21. The van der Waals surface area contributed by atoms with Crippen molar-refractivity contribution in [2.24, 2.45) is 0 Å². The van der Waals surface area contributed by atoms with Crippen LogP contribution in [0.4, 0.5) is 0 Å². The number of carbonyl (C=O) groups excluding carboxylic acids is 1. The summed E-state index contributed by atoms with van der Waals surface area (Å²) in [7, 11) is -0.665. The molecule has 1 aromatic rings. The number of nitrogens with zero attached hydrogens (tertiary/aromatic N) is 1. The van der Waals surface area contributed by atoms with Crippen LogP contribution < -0.4 is 9.46 Å². The van der Waals surface area contributed by atoms with Gasteiger partial charge in [0.1, 0.15) is 5.75 Å². The topological polar surface area (TPSA) is 84.9 Å². The summed E-state index contributed by atoms with van der Waals surface area (Å²) in [5.74, 6) is 0.286. The minimum absolute atomic E-state index is 0.0436. The van der Waals surface area contributed by atoms with Crippen molar-refractivity contribution in [2.75, 3.05) is 40.5 Å². The maximum absolute atomic E-state index is 12.3. The first-order valence-corrected chi connectivity index (χ1v) is 9.25. The van der Waals surface area contributed by atoms with Gasteiger partial charge in [-0.2, -0.15) is 0 Å². The Kier molecular flexibility index (Phi) is 8.47. The zero-order chi connectivity index (χ0) is 18.2. The molecule has 0 fully saturated rings. The third-order valence-corrected chi connectivity index (χ3v) is 5.08. The molecule has 0 bridgehead atoms. The van der Waals surface area contributed by atoms with E-state index < -0.39 is 10.0 Å². The molecule has 1 rings (SSSR count). The van der Waals surface area contributed by atoms with Crippen molar-refractivity contribution in [2.45, 2.75) is 18.2 Å². The Labute approximate surface area is 147 Å². The van der Waals surface area contributed by atoms with Crippen molar-refractivity contribution < 1.29 is 22.7 Å². The average molecular weight is 379 g/mol. The largest absolute Gasteiger partial charge is 0.495 e. The van der Waals surface area contributed by atoms with Crippen LogP contribution in [0, 0.1) is 0 Å². The Hall–Kier alpha value is -1.35. The van der Waals surface area contributed by atoms with Crippen LogP contribution in [0.25, 0.3) is 0 Å². The minimum Gasteiger partial charge on any atom is -0.495 e. The van der Waals surface area contributed by atoms with Crippen LogP contribution in [0.1, 0.15) is 13.3 Å². The summed E-state index contributed by atoms with van der Waals surface area (Å²) < 4.78 is 36.9. The summed E-state index contributed by atoms with van der Waals surface area (Å²) >= 11 is 5.95. The number of sulfonamides is 1. The van der Waals surface area contributed by atoms with Crippen LogP contribution in [0.2, 0.25) is 5.02 Å². The fourth-order valence-electron chi connectivity index (χ4n) is 2.04. The van der Waals surface area contributed by atoms with E-state index in [1.165, 1.54) is 32.2 Å². The average Bonchev–Trinajstić information content (AvgIpc) is 2.53. The smallest absolute Gasteiger partial charge is 0.240 e. The molecule has 0 saturated carbocycles. The van der Waals surface area contributed by atoms with E-state index in [2.05, 4.69) is 4.72 Å². The van der Waals surface area contributed by atoms with Crippen molar-refractivity contribution >= 4 is 27.5 Å². The highest BCUT2D eigenvalue weighted by atomic mass is 35.5. The van der Waals surface area contributed by atoms with Crippen molar-refractivity contribution in [3.63, 3.8) is 0 Å². The summed E-state index contributed by atoms with van der Waals surface area (Å²) in [6, 6.07) is 4.22. The van der Waals surface area contributed by atoms with E-state index in [9.17, 15) is 13.2 Å². The van der Waals surface area contributed by atoms with Gasteiger partial charge in [0.2, 0.25) is 15.9 Å². The Morgan fingerprint density at radius 1 is 1.29 bits per heavy atom. The van der Waals surface area contributed by atoms with Crippen molar-refractivity contribution in [3.05, 3.63) is 23.2 Å². The standard InChI is InChI=1S/C15H23ClN2O5S/c1-12(19)18(8-4-10-22-2)9-7-17-24(20,21)13-5-6-15(23-3)14(16)11-13/h5-6,11,17H,4,7-10H2,1-3H3. The van der Waals surface area contributed by atoms with Crippen LogP contribution in [-0.2, 0) is 19.6 Å². The zero-order valence-corrected chi connectivity index (χ0v) is 15.6. The summed E-state index contributed by atoms with van der Waals surface area (Å²) in [5, 5.41) is 0.213. The first-order valence-electron chi connectivity index (χ1n) is 7.39. The van der Waals surface area contributed by atoms with Gasteiger partial charge in [-0.25, -0.2) is 13.1 Å². The summed E-state index contributed by atoms with van der Waals surface area (Å²) in [5.41, 5.74) is 0. The lowest BCUT2D eigenvalue weighted by Crippen LogP contribution is -2.38. The molecule has 0 radical (unpaired) electrons. The van der Waals surface area contributed by atoms with Gasteiger partial charge in [-0.3, -0.25) is 4.79 Å². The molecule has 1 amide bonds. The minimum atomic E-state index is -3.71. The normalized spacial score (nSPS) is 11.3. The predicted octanol–water partition coefficient (Wildman–Crippen LogP) is 1.51. The highest BCUT2D eigenvalue weighted by Gasteiger charge is 2.17. The van der Waals surface area contributed by atoms with Crippen LogP contribution in [-0.4, -0.2) is 59.7 Å². The second-order valence-electron chi connectivity index (χ2n) is 5.05. The van der Waals surface area contributed by atoms with E-state index in [-0.39, 0.29) is 28.9 Å². The molecule has 24 heavy (non-hydrogen) atoms. The Morgan fingerprint density at radius 2 is 2.00 bits per heavy atom. The molecule has 9 heteroatoms. The van der Waals surface area contributed by atoms with E-state index in [1.807, 2.05) is 0 Å². The van der Waals surface area contributed by atoms with Crippen molar-refractivity contribution in [1.82, 2.24) is 9.62 Å². The predicted molar refractivity (Wildman–Crippen MR) is 91.9 cm³/mol. The fourth-order valence-corrected chi connectivity index (χ4v) is 3.41. The van der Waals surface area contributed by atoms with E-state index in [0.717, 1.165) is 0 Å². The van der Waals surface area contributed by atoms with Gasteiger partial charge in [0, 0.05) is 40.3 Å². The quantitative estimate of drug-likeness (QED) is 0.624. The summed E-state index contributed by atoms with van der Waals surface area (Å²) in [6.45, 7) is 2.89. The summed E-state index contributed by atoms with van der Waals surface area (Å²) in [4.78, 5) is 13.2. The van der Waals surface area contributed by atoms with Crippen molar-refractivity contribution in [3.8, 4) is 5.75 Å². The summed E-state index contributed by atoms with van der Waals surface area (Å²) in [6.07, 6.45) is 0.691. The number of carbonyl (C=O) groups is 1. The van der Waals surface area contributed by atoms with Crippen LogP contribution >= 0.6 is 11.6 Å². The number of hydrogen-bond acceptors (Lipinski definition) is 5. The molecule has 0 aromatic heterocycles. The van der Waals surface area contributed by atoms with Gasteiger partial charge in [0.15, 0.2) is 0 Å². The number of benzene rings is 1. The maximum Gasteiger partial charge on any atom is 0.240 e. The fraction of sp³-hybridized carbons (Fsp3) is 0.533. The highest BCUT2D eigenvalue weighted by molar-refractivity contribution is 7.89. The van der Waals surface area contributed by atoms with Crippen LogP contribution in [0.3, 0.4) is 0 Å². The monoisotopic (exact) mass is 378 g/mol. The number of hydrogen-bond donors (Lipinski definition) is 1. The van der Waals surface area contributed by atoms with E-state index >= 15 is 0 Å². The third-order valence-electron chi connectivity index (χ3n) is 3.33. The van der Waals surface area contributed by atoms with E-state index in [1.54, 1.807) is 12.0 Å². The molecule has 1 N–H and O–H groups in total. The lowest BCUT2D eigenvalue weighted by atomic mass is 10.3. The van der Waals surface area contributed by atoms with E-state index in [0.29, 0.717) is 25.3 Å². The van der Waals surface area contributed by atoms with Gasteiger partial charge >= 0.3 is 0 Å². The van der Waals surface area contributed by atoms with Gasteiger partial charge in [0.25, 0.3) is 0 Å². The Bertz CT molecular complexity index is 651. The molecule has 0 heterocycles. The number of ether oxygens (including phenoxy) is 2. The lowest BCUT2D eigenvalue weighted by molar-refractivity contribution is -0.128. The first-order chi connectivity index (χ1) is 11.3. The van der Waals surface area contributed by atoms with Crippen molar-refractivity contribution in [1.29, 1.82) is 0 Å². The maximum atomic E-state index is 12.3. The molecule has 0 saturated heterocycles. The number of amides is 1. The number of rotatable bonds is 10. The highest BCUT2D eigenvalue weighted by Crippen LogP contribution is 2.26. The second kappa shape index (κ2) is 9.83. The zero-order valence-electron chi connectivity index (χ0n) is 14.0. The van der Waals surface area contributed by atoms with Gasteiger partial charge in [-0.15, -0.1) is 0 Å². The molecule has 136 valence electrons. The number of halogens is 1. The van der Waals surface area contributed by atoms with Gasteiger partial charge in [-0.05, 0) is 24.6 Å². The molecular formula is C15H23ClN2O5S. The van der Waals surface area contributed by atoms with E-state index in [4.69, 9.17) is 21.1 Å². The SMILES string of the molecule is COCCCN(CCNS(=O)(=O)c1ccc(OC)c(Cl)c1)C(C)=O. The Balaban J connectivity index is 2.64. The third kappa shape index (κ3) is 6.27. The number of nitrogens with one attached hydrogen (secondary N) is 1. The molecule has 0 unspecified atom stereocenters. The molecule has 0 aliphatic carbocycles. The van der Waals surface area contributed by atoms with Crippen LogP contribution in [0.5, 0.6) is 5.75 Å². The molecule has 0 spiro atoms. The Morgan fingerprint density at radius 3 is 2.54 bits per heavy atom. The first kappa shape index (κ1) is 20.7. The van der Waals surface area contributed by atoms with Crippen LogP contribution in [0.15, 0.2) is 23.1 Å². The second-order valence-corrected chi connectivity index (χ2v) is 7.22. The van der Waals surface area contributed by atoms with Gasteiger partial charge < -0.3 is 14.4 Å². The van der Waals surface area contributed by atoms with Gasteiger partial charge in [0.05, 0.1) is 17.0 Å².